The van der Waals surface area contributed by atoms with Crippen LogP contribution in [-0.4, -0.2) is 12.6 Å². The van der Waals surface area contributed by atoms with Gasteiger partial charge >= 0.3 is 5.97 Å². The van der Waals surface area contributed by atoms with Gasteiger partial charge in [-0.3, -0.25) is 0 Å². The van der Waals surface area contributed by atoms with Gasteiger partial charge in [-0.1, -0.05) is 25.1 Å². The van der Waals surface area contributed by atoms with Gasteiger partial charge in [0, 0.05) is 0 Å². The Bertz CT molecular complexity index is 497. The second kappa shape index (κ2) is 5.95. The molecule has 2 rings (SSSR count). The topological polar surface area (TPSA) is 26.3 Å². The van der Waals surface area contributed by atoms with Crippen molar-refractivity contribution < 1.29 is 18.3 Å². The zero-order valence-corrected chi connectivity index (χ0v) is 10.7. The van der Waals surface area contributed by atoms with Crippen LogP contribution in [0.25, 0.3) is 0 Å². The van der Waals surface area contributed by atoms with Crippen molar-refractivity contribution in [2.45, 2.75) is 19.8 Å². The summed E-state index contributed by atoms with van der Waals surface area (Å²) in [6.07, 6.45) is 5.97. The molecule has 102 valence electrons. The highest BCUT2D eigenvalue weighted by molar-refractivity contribution is 5.89. The number of carbonyl (C=O) groups is 1. The van der Waals surface area contributed by atoms with Gasteiger partial charge in [-0.25, -0.2) is 13.6 Å². The number of rotatable bonds is 3. The van der Waals surface area contributed by atoms with Crippen molar-refractivity contribution in [3.8, 4) is 0 Å². The van der Waals surface area contributed by atoms with Crippen LogP contribution in [0.4, 0.5) is 8.78 Å². The summed E-state index contributed by atoms with van der Waals surface area (Å²) in [5, 5.41) is 0. The number of allylic oxidation sites excluding steroid dienone is 2. The van der Waals surface area contributed by atoms with Crippen molar-refractivity contribution >= 4 is 5.97 Å². The predicted molar refractivity (Wildman–Crippen MR) is 67.7 cm³/mol. The lowest BCUT2D eigenvalue weighted by Crippen LogP contribution is -2.22. The Labute approximate surface area is 111 Å². The number of ether oxygens (including phenoxy) is 1. The van der Waals surface area contributed by atoms with Crippen molar-refractivity contribution in [1.82, 2.24) is 0 Å². The largest absolute Gasteiger partial charge is 0.462 e. The number of halogens is 2. The van der Waals surface area contributed by atoms with Crippen molar-refractivity contribution in [3.63, 3.8) is 0 Å². The number of benzene rings is 1. The molecule has 0 fully saturated rings. The number of hydrogen-bond acceptors (Lipinski definition) is 2. The van der Waals surface area contributed by atoms with Gasteiger partial charge in [0.25, 0.3) is 0 Å². The Hall–Kier alpha value is -1.71. The van der Waals surface area contributed by atoms with E-state index in [1.54, 1.807) is 0 Å². The standard InChI is InChI=1S/C15H16F2O2/c1-10-5-2-3-6-11(10)9-19-15(18)12-7-4-8-13(16)14(12)17/h2-4,7-8,10-11H,5-6,9H2,1H3. The SMILES string of the molecule is CC1CC=CCC1COC(=O)c1cccc(F)c1F. The summed E-state index contributed by atoms with van der Waals surface area (Å²) in [5.41, 5.74) is -0.348. The second-order valence-electron chi connectivity index (χ2n) is 4.88. The Morgan fingerprint density at radius 3 is 2.79 bits per heavy atom. The van der Waals surface area contributed by atoms with Gasteiger partial charge in [-0.05, 0) is 36.8 Å². The fraction of sp³-hybridized carbons (Fsp3) is 0.400. The van der Waals surface area contributed by atoms with Crippen LogP contribution >= 0.6 is 0 Å². The molecule has 1 aromatic rings. The van der Waals surface area contributed by atoms with E-state index in [9.17, 15) is 13.6 Å². The van der Waals surface area contributed by atoms with Crippen LogP contribution < -0.4 is 0 Å². The molecule has 0 bridgehead atoms. The molecule has 2 atom stereocenters. The summed E-state index contributed by atoms with van der Waals surface area (Å²) < 4.78 is 31.5. The second-order valence-corrected chi connectivity index (χ2v) is 4.88. The van der Waals surface area contributed by atoms with E-state index >= 15 is 0 Å². The summed E-state index contributed by atoms with van der Waals surface area (Å²) >= 11 is 0. The first-order valence-corrected chi connectivity index (χ1v) is 6.35. The molecule has 0 aliphatic heterocycles. The number of carbonyl (C=O) groups excluding carboxylic acids is 1. The average Bonchev–Trinajstić information content (AvgIpc) is 2.40. The highest BCUT2D eigenvalue weighted by Crippen LogP contribution is 2.25. The molecule has 0 spiro atoms. The van der Waals surface area contributed by atoms with E-state index in [1.807, 2.05) is 0 Å². The highest BCUT2D eigenvalue weighted by atomic mass is 19.2. The van der Waals surface area contributed by atoms with Crippen LogP contribution in [0, 0.1) is 23.5 Å². The zero-order valence-electron chi connectivity index (χ0n) is 10.7. The summed E-state index contributed by atoms with van der Waals surface area (Å²) in [6, 6.07) is 3.49. The molecular weight excluding hydrogens is 250 g/mol. The van der Waals surface area contributed by atoms with E-state index in [0.29, 0.717) is 5.92 Å². The van der Waals surface area contributed by atoms with Crippen LogP contribution in [0.1, 0.15) is 30.1 Å². The molecular formula is C15H16F2O2. The minimum Gasteiger partial charge on any atom is -0.462 e. The molecule has 4 heteroatoms. The van der Waals surface area contributed by atoms with E-state index in [1.165, 1.54) is 12.1 Å². The third-order valence-electron chi connectivity index (χ3n) is 3.52. The smallest absolute Gasteiger partial charge is 0.341 e. The van der Waals surface area contributed by atoms with Crippen molar-refractivity contribution in [3.05, 3.63) is 47.5 Å². The molecule has 0 N–H and O–H groups in total. The van der Waals surface area contributed by atoms with Crippen LogP contribution in [0.2, 0.25) is 0 Å². The molecule has 0 radical (unpaired) electrons. The molecule has 1 aromatic carbocycles. The minimum atomic E-state index is -1.15. The molecule has 0 heterocycles. The molecule has 0 amide bonds. The maximum absolute atomic E-state index is 13.4. The molecule has 2 unspecified atom stereocenters. The Balaban J connectivity index is 1.98. The van der Waals surface area contributed by atoms with Crippen LogP contribution in [0.15, 0.2) is 30.4 Å². The molecule has 0 aromatic heterocycles. The predicted octanol–water partition coefficient (Wildman–Crippen LogP) is 3.72. The summed E-state index contributed by atoms with van der Waals surface area (Å²) in [5.74, 6) is -2.33. The zero-order chi connectivity index (χ0) is 13.8. The Morgan fingerprint density at radius 2 is 2.05 bits per heavy atom. The van der Waals surface area contributed by atoms with Gasteiger partial charge in [0.05, 0.1) is 12.2 Å². The van der Waals surface area contributed by atoms with E-state index < -0.39 is 17.6 Å². The van der Waals surface area contributed by atoms with E-state index in [0.717, 1.165) is 18.9 Å². The maximum atomic E-state index is 13.4. The Morgan fingerprint density at radius 1 is 1.32 bits per heavy atom. The summed E-state index contributed by atoms with van der Waals surface area (Å²) in [6.45, 7) is 2.32. The first kappa shape index (κ1) is 13.7. The van der Waals surface area contributed by atoms with Gasteiger partial charge in [0.2, 0.25) is 0 Å². The van der Waals surface area contributed by atoms with Crippen molar-refractivity contribution in [1.29, 1.82) is 0 Å². The maximum Gasteiger partial charge on any atom is 0.341 e. The lowest BCUT2D eigenvalue weighted by atomic mass is 9.85. The van der Waals surface area contributed by atoms with Gasteiger partial charge in [0.1, 0.15) is 0 Å². The van der Waals surface area contributed by atoms with Crippen LogP contribution in [0.3, 0.4) is 0 Å². The van der Waals surface area contributed by atoms with Gasteiger partial charge in [-0.15, -0.1) is 0 Å². The van der Waals surface area contributed by atoms with Gasteiger partial charge < -0.3 is 4.74 Å². The molecule has 0 saturated carbocycles. The normalized spacial score (nSPS) is 22.3. The van der Waals surface area contributed by atoms with Crippen LogP contribution in [-0.2, 0) is 4.74 Å². The van der Waals surface area contributed by atoms with E-state index in [4.69, 9.17) is 4.74 Å². The first-order chi connectivity index (χ1) is 9.09. The molecule has 1 aliphatic carbocycles. The van der Waals surface area contributed by atoms with Gasteiger partial charge in [-0.2, -0.15) is 0 Å². The number of hydrogen-bond donors (Lipinski definition) is 0. The molecule has 0 saturated heterocycles. The molecule has 1 aliphatic rings. The Kier molecular flexibility index (Phi) is 4.30. The summed E-state index contributed by atoms with van der Waals surface area (Å²) in [7, 11) is 0. The highest BCUT2D eigenvalue weighted by Gasteiger charge is 2.22. The van der Waals surface area contributed by atoms with Crippen molar-refractivity contribution in [2.24, 2.45) is 11.8 Å². The quantitative estimate of drug-likeness (QED) is 0.615. The fourth-order valence-corrected chi connectivity index (χ4v) is 2.16. The summed E-state index contributed by atoms with van der Waals surface area (Å²) in [4.78, 5) is 11.7. The monoisotopic (exact) mass is 266 g/mol. The molecule has 19 heavy (non-hydrogen) atoms. The number of esters is 1. The van der Waals surface area contributed by atoms with Gasteiger partial charge in [0.15, 0.2) is 11.6 Å². The third-order valence-corrected chi connectivity index (χ3v) is 3.52. The lowest BCUT2D eigenvalue weighted by molar-refractivity contribution is 0.0389. The lowest BCUT2D eigenvalue weighted by Gasteiger charge is -2.24. The van der Waals surface area contributed by atoms with E-state index in [2.05, 4.69) is 19.1 Å². The van der Waals surface area contributed by atoms with Crippen LogP contribution in [0.5, 0.6) is 0 Å². The molecule has 2 nitrogen and oxygen atoms in total. The van der Waals surface area contributed by atoms with Crippen molar-refractivity contribution in [2.75, 3.05) is 6.61 Å². The van der Waals surface area contributed by atoms with E-state index in [-0.39, 0.29) is 18.1 Å². The average molecular weight is 266 g/mol. The first-order valence-electron chi connectivity index (χ1n) is 6.35. The third kappa shape index (κ3) is 3.19. The minimum absolute atomic E-state index is 0.236. The fourth-order valence-electron chi connectivity index (χ4n) is 2.16.